The van der Waals surface area contributed by atoms with Gasteiger partial charge in [0.15, 0.2) is 0 Å². The molecule has 0 amide bonds. The molecular formula is C22H17F3N4OS. The van der Waals surface area contributed by atoms with Gasteiger partial charge in [-0.25, -0.2) is 13.8 Å². The lowest BCUT2D eigenvalue weighted by Gasteiger charge is -2.21. The van der Waals surface area contributed by atoms with Crippen LogP contribution >= 0.6 is 11.3 Å². The van der Waals surface area contributed by atoms with Crippen LogP contribution < -0.4 is 10.9 Å². The van der Waals surface area contributed by atoms with E-state index in [0.29, 0.717) is 12.1 Å². The molecule has 4 aromatic rings. The molecule has 0 radical (unpaired) electrons. The Morgan fingerprint density at radius 2 is 1.94 bits per heavy atom. The summed E-state index contributed by atoms with van der Waals surface area (Å²) in [5.41, 5.74) is 1.83. The van der Waals surface area contributed by atoms with Crippen molar-refractivity contribution in [2.24, 2.45) is 0 Å². The van der Waals surface area contributed by atoms with E-state index in [2.05, 4.69) is 15.3 Å². The first-order valence-corrected chi connectivity index (χ1v) is 10.5. The van der Waals surface area contributed by atoms with Gasteiger partial charge in [-0.3, -0.25) is 4.79 Å². The van der Waals surface area contributed by atoms with Crippen molar-refractivity contribution in [1.29, 1.82) is 0 Å². The number of fused-ring (bicyclic) bond motifs is 2. The highest BCUT2D eigenvalue weighted by Gasteiger charge is 2.32. The number of halogens is 3. The molecule has 3 heterocycles. The maximum atomic E-state index is 14.6. The maximum absolute atomic E-state index is 14.6. The highest BCUT2D eigenvalue weighted by molar-refractivity contribution is 7.18. The molecule has 31 heavy (non-hydrogen) atoms. The van der Waals surface area contributed by atoms with Crippen LogP contribution in [0.2, 0.25) is 0 Å². The summed E-state index contributed by atoms with van der Waals surface area (Å²) in [6.07, 6.45) is 0.608. The molecule has 5 rings (SSSR count). The number of rotatable bonds is 3. The van der Waals surface area contributed by atoms with Crippen molar-refractivity contribution in [3.8, 4) is 0 Å². The molecule has 0 fully saturated rings. The van der Waals surface area contributed by atoms with E-state index in [4.69, 9.17) is 0 Å². The van der Waals surface area contributed by atoms with E-state index >= 15 is 0 Å². The van der Waals surface area contributed by atoms with Crippen LogP contribution in [-0.2, 0) is 6.42 Å². The number of benzene rings is 2. The molecule has 1 N–H and O–H groups in total. The molecule has 0 aliphatic carbocycles. The topological polar surface area (TPSA) is 59.8 Å². The minimum atomic E-state index is -0.971. The number of aryl methyl sites for hydroxylation is 2. The molecule has 2 aromatic carbocycles. The van der Waals surface area contributed by atoms with E-state index < -0.39 is 29.1 Å². The van der Waals surface area contributed by atoms with Crippen molar-refractivity contribution in [1.82, 2.24) is 14.5 Å². The third-order valence-electron chi connectivity index (χ3n) is 5.54. The molecule has 2 aromatic heterocycles. The number of nitrogens with one attached hydrogen (secondary N) is 1. The lowest BCUT2D eigenvalue weighted by atomic mass is 10.0. The SMILES string of the molecule is Cc1nc2cc(C)c(Nc3nc(=O)c(F)c4n3C(c3ccc(F)cc3F)CC4)cc2s1. The van der Waals surface area contributed by atoms with E-state index in [0.717, 1.165) is 26.9 Å². The Morgan fingerprint density at radius 1 is 1.13 bits per heavy atom. The Balaban J connectivity index is 1.65. The second-order valence-electron chi connectivity index (χ2n) is 7.58. The highest BCUT2D eigenvalue weighted by atomic mass is 32.1. The van der Waals surface area contributed by atoms with Gasteiger partial charge in [-0.15, -0.1) is 11.3 Å². The summed E-state index contributed by atoms with van der Waals surface area (Å²) in [5, 5.41) is 4.07. The van der Waals surface area contributed by atoms with Crippen LogP contribution in [0, 0.1) is 31.3 Å². The van der Waals surface area contributed by atoms with Crippen LogP contribution in [0.15, 0.2) is 35.1 Å². The predicted molar refractivity (Wildman–Crippen MR) is 114 cm³/mol. The first-order valence-electron chi connectivity index (χ1n) is 9.72. The third kappa shape index (κ3) is 3.29. The lowest BCUT2D eigenvalue weighted by Crippen LogP contribution is -2.23. The minimum absolute atomic E-state index is 0.122. The molecule has 0 saturated carbocycles. The Hall–Kier alpha value is -3.20. The fraction of sp³-hybridized carbons (Fsp3) is 0.227. The number of thiazole rings is 1. The van der Waals surface area contributed by atoms with Crippen LogP contribution in [0.1, 0.15) is 34.3 Å². The zero-order valence-corrected chi connectivity index (χ0v) is 17.5. The van der Waals surface area contributed by atoms with Gasteiger partial charge in [0.2, 0.25) is 11.8 Å². The molecule has 1 aliphatic heterocycles. The average molecular weight is 442 g/mol. The van der Waals surface area contributed by atoms with Gasteiger partial charge >= 0.3 is 5.56 Å². The zero-order chi connectivity index (χ0) is 21.9. The monoisotopic (exact) mass is 442 g/mol. The van der Waals surface area contributed by atoms with E-state index in [1.165, 1.54) is 28.0 Å². The van der Waals surface area contributed by atoms with Gasteiger partial charge < -0.3 is 9.88 Å². The van der Waals surface area contributed by atoms with Crippen molar-refractivity contribution < 1.29 is 13.2 Å². The van der Waals surface area contributed by atoms with E-state index in [9.17, 15) is 18.0 Å². The minimum Gasteiger partial charge on any atom is -0.325 e. The van der Waals surface area contributed by atoms with Crippen LogP contribution in [0.4, 0.5) is 24.8 Å². The molecule has 1 atom stereocenters. The summed E-state index contributed by atoms with van der Waals surface area (Å²) < 4.78 is 45.0. The Kier molecular flexibility index (Phi) is 4.58. The van der Waals surface area contributed by atoms with Crippen LogP contribution in [-0.4, -0.2) is 14.5 Å². The van der Waals surface area contributed by atoms with Gasteiger partial charge in [0.25, 0.3) is 0 Å². The van der Waals surface area contributed by atoms with Crippen LogP contribution in [0.25, 0.3) is 10.2 Å². The molecule has 1 unspecified atom stereocenters. The van der Waals surface area contributed by atoms with E-state index in [1.54, 1.807) is 0 Å². The number of hydrogen-bond donors (Lipinski definition) is 1. The second-order valence-corrected chi connectivity index (χ2v) is 8.82. The summed E-state index contributed by atoms with van der Waals surface area (Å²) >= 11 is 1.53. The smallest absolute Gasteiger partial charge is 0.310 e. The van der Waals surface area contributed by atoms with Gasteiger partial charge in [-0.1, -0.05) is 6.07 Å². The summed E-state index contributed by atoms with van der Waals surface area (Å²) in [6.45, 7) is 3.81. The van der Waals surface area contributed by atoms with Crippen LogP contribution in [0.3, 0.4) is 0 Å². The largest absolute Gasteiger partial charge is 0.325 e. The molecule has 9 heteroatoms. The molecular weight excluding hydrogens is 425 g/mol. The Labute approximate surface area is 179 Å². The van der Waals surface area contributed by atoms with Gasteiger partial charge in [0, 0.05) is 17.3 Å². The van der Waals surface area contributed by atoms with E-state index in [-0.39, 0.29) is 23.6 Å². The van der Waals surface area contributed by atoms with Gasteiger partial charge in [-0.05, 0) is 50.5 Å². The summed E-state index contributed by atoms with van der Waals surface area (Å²) in [4.78, 5) is 20.5. The molecule has 158 valence electrons. The fourth-order valence-electron chi connectivity index (χ4n) is 4.13. The number of aromatic nitrogens is 3. The van der Waals surface area contributed by atoms with Crippen molar-refractivity contribution in [2.45, 2.75) is 32.7 Å². The maximum Gasteiger partial charge on any atom is 0.310 e. The number of anilines is 2. The van der Waals surface area contributed by atoms with Gasteiger partial charge in [0.05, 0.1) is 27.0 Å². The first-order chi connectivity index (χ1) is 14.8. The molecule has 1 aliphatic rings. The summed E-state index contributed by atoms with van der Waals surface area (Å²) in [7, 11) is 0. The van der Waals surface area contributed by atoms with Gasteiger partial charge in [-0.2, -0.15) is 9.37 Å². The predicted octanol–water partition coefficient (Wildman–Crippen LogP) is 5.17. The van der Waals surface area contributed by atoms with Crippen molar-refractivity contribution in [2.75, 3.05) is 5.32 Å². The molecule has 0 saturated heterocycles. The highest BCUT2D eigenvalue weighted by Crippen LogP contribution is 2.37. The average Bonchev–Trinajstić information content (AvgIpc) is 3.29. The number of nitrogens with zero attached hydrogens (tertiary/aromatic N) is 3. The summed E-state index contributed by atoms with van der Waals surface area (Å²) in [5.74, 6) is -2.23. The molecule has 5 nitrogen and oxygen atoms in total. The standard InChI is InChI=1S/C22H17F3N4OS/c1-10-7-16-19(31-11(2)26-16)9-15(10)27-22-28-21(30)20(25)18-6-5-17(29(18)22)13-4-3-12(23)8-14(13)24/h3-4,7-9,17H,5-6H2,1-2H3,(H,27,28,30). The van der Waals surface area contributed by atoms with E-state index in [1.807, 2.05) is 26.0 Å². The van der Waals surface area contributed by atoms with Crippen molar-refractivity contribution in [3.05, 3.63) is 80.0 Å². The van der Waals surface area contributed by atoms with Crippen LogP contribution in [0.5, 0.6) is 0 Å². The normalized spacial score (nSPS) is 15.5. The quantitative estimate of drug-likeness (QED) is 0.476. The number of hydrogen-bond acceptors (Lipinski definition) is 5. The fourth-order valence-corrected chi connectivity index (χ4v) is 4.98. The first kappa shape index (κ1) is 19.7. The third-order valence-corrected chi connectivity index (χ3v) is 6.48. The molecule has 0 spiro atoms. The lowest BCUT2D eigenvalue weighted by molar-refractivity contribution is 0.521. The molecule has 0 bridgehead atoms. The second kappa shape index (κ2) is 7.19. The van der Waals surface area contributed by atoms with Gasteiger partial charge in [0.1, 0.15) is 11.6 Å². The Bertz CT molecular complexity index is 1410. The zero-order valence-electron chi connectivity index (χ0n) is 16.7. The summed E-state index contributed by atoms with van der Waals surface area (Å²) in [6, 6.07) is 6.53. The van der Waals surface area contributed by atoms with Crippen molar-refractivity contribution in [3.63, 3.8) is 0 Å². The Morgan fingerprint density at radius 3 is 2.71 bits per heavy atom. The van der Waals surface area contributed by atoms with Crippen molar-refractivity contribution >= 4 is 33.2 Å².